The van der Waals surface area contributed by atoms with Gasteiger partial charge in [-0.3, -0.25) is 0 Å². The van der Waals surface area contributed by atoms with E-state index in [2.05, 4.69) is 26.6 Å². The Labute approximate surface area is 71.6 Å². The van der Waals surface area contributed by atoms with Crippen LogP contribution in [0.1, 0.15) is 34.6 Å². The Kier molecular flexibility index (Phi) is 4.28. The molecule has 0 aliphatic heterocycles. The third kappa shape index (κ3) is 6.52. The van der Waals surface area contributed by atoms with Gasteiger partial charge in [0.2, 0.25) is 0 Å². The summed E-state index contributed by atoms with van der Waals surface area (Å²) in [5.74, 6) is 2.31. The monoisotopic (exact) mass is 174 g/mol. The van der Waals surface area contributed by atoms with E-state index in [0.29, 0.717) is 5.92 Å². The molecule has 1 nitrogen and oxygen atoms in total. The van der Waals surface area contributed by atoms with E-state index in [4.69, 9.17) is 0 Å². The van der Waals surface area contributed by atoms with Crippen molar-refractivity contribution in [3.05, 3.63) is 0 Å². The highest BCUT2D eigenvalue weighted by Gasteiger charge is 2.08. The molecule has 0 aromatic heterocycles. The van der Waals surface area contributed by atoms with Gasteiger partial charge in [0.1, 0.15) is 0 Å². The molecule has 0 amide bonds. The fourth-order valence-electron chi connectivity index (χ4n) is 0.472. The van der Waals surface area contributed by atoms with E-state index in [-0.39, 0.29) is 11.3 Å². The highest BCUT2D eigenvalue weighted by Crippen LogP contribution is 2.19. The molecule has 2 heteroatoms. The summed E-state index contributed by atoms with van der Waals surface area (Å²) in [6.07, 6.45) is 0. The van der Waals surface area contributed by atoms with Gasteiger partial charge in [0.05, 0.1) is 5.85 Å². The first kappa shape index (κ1) is 11.1. The molecule has 1 unspecified atom stereocenters. The second-order valence-electron chi connectivity index (χ2n) is 4.30. The van der Waals surface area contributed by atoms with Gasteiger partial charge in [0, 0.05) is 0 Å². The van der Waals surface area contributed by atoms with Crippen LogP contribution in [0.2, 0.25) is 0 Å². The van der Waals surface area contributed by atoms with Crippen molar-refractivity contribution in [2.24, 2.45) is 11.3 Å². The molecule has 0 aromatic carbocycles. The van der Waals surface area contributed by atoms with Crippen molar-refractivity contribution in [3.8, 4) is 0 Å². The standard InChI is InChI=1S/C9H19OP/c1-7(2)8(10)11-6-9(3,4)5/h6-8,10H,1-5H3. The van der Waals surface area contributed by atoms with Crippen LogP contribution in [0.5, 0.6) is 0 Å². The Morgan fingerprint density at radius 1 is 1.27 bits per heavy atom. The average Bonchev–Trinajstić information content (AvgIpc) is 1.80. The van der Waals surface area contributed by atoms with Gasteiger partial charge in [-0.15, -0.1) is 0 Å². The SMILES string of the molecule is CC(C)C(O)P=CC(C)(C)C. The summed E-state index contributed by atoms with van der Waals surface area (Å²) in [5, 5.41) is 9.45. The molecule has 0 radical (unpaired) electrons. The van der Waals surface area contributed by atoms with Crippen LogP contribution in [0.25, 0.3) is 0 Å². The van der Waals surface area contributed by atoms with Crippen molar-refractivity contribution >= 4 is 14.0 Å². The topological polar surface area (TPSA) is 20.2 Å². The first-order valence-electron chi connectivity index (χ1n) is 4.05. The average molecular weight is 174 g/mol. The van der Waals surface area contributed by atoms with Crippen LogP contribution >= 0.6 is 8.20 Å². The lowest BCUT2D eigenvalue weighted by molar-refractivity contribution is 0.210. The molecule has 0 aliphatic rings. The predicted octanol–water partition coefficient (Wildman–Crippen LogP) is 2.76. The first-order valence-corrected chi connectivity index (χ1v) is 5.08. The minimum absolute atomic E-state index is 0.200. The van der Waals surface area contributed by atoms with Crippen molar-refractivity contribution < 1.29 is 5.11 Å². The molecular weight excluding hydrogens is 155 g/mol. The molecule has 0 spiro atoms. The van der Waals surface area contributed by atoms with Gasteiger partial charge in [-0.05, 0) is 11.3 Å². The predicted molar refractivity (Wildman–Crippen MR) is 53.3 cm³/mol. The highest BCUT2D eigenvalue weighted by atomic mass is 31.1. The van der Waals surface area contributed by atoms with Crippen LogP contribution in [0.15, 0.2) is 0 Å². The second kappa shape index (κ2) is 4.23. The number of hydrogen-bond donors (Lipinski definition) is 1. The third-order valence-electron chi connectivity index (χ3n) is 1.21. The Balaban J connectivity index is 3.93. The van der Waals surface area contributed by atoms with Crippen LogP contribution in [0.3, 0.4) is 0 Å². The number of hydrogen-bond acceptors (Lipinski definition) is 1. The summed E-state index contributed by atoms with van der Waals surface area (Å²) in [6, 6.07) is 0. The quantitative estimate of drug-likeness (QED) is 0.638. The molecule has 0 fully saturated rings. The maximum atomic E-state index is 9.45. The fraction of sp³-hybridized carbons (Fsp3) is 0.889. The molecular formula is C9H19OP. The van der Waals surface area contributed by atoms with Crippen molar-refractivity contribution in [2.45, 2.75) is 40.5 Å². The van der Waals surface area contributed by atoms with E-state index in [1.807, 2.05) is 13.8 Å². The van der Waals surface area contributed by atoms with E-state index in [1.165, 1.54) is 0 Å². The Morgan fingerprint density at radius 3 is 2.00 bits per heavy atom. The van der Waals surface area contributed by atoms with Crippen LogP contribution in [-0.2, 0) is 0 Å². The zero-order chi connectivity index (χ0) is 9.07. The molecule has 66 valence electrons. The zero-order valence-corrected chi connectivity index (χ0v) is 9.02. The van der Waals surface area contributed by atoms with Gasteiger partial charge in [-0.25, -0.2) is 0 Å². The van der Waals surface area contributed by atoms with Crippen LogP contribution in [0, 0.1) is 11.3 Å². The third-order valence-corrected chi connectivity index (χ3v) is 3.04. The Morgan fingerprint density at radius 2 is 1.73 bits per heavy atom. The smallest absolute Gasteiger partial charge is 0.0971 e. The molecule has 1 atom stereocenters. The lowest BCUT2D eigenvalue weighted by Gasteiger charge is -2.14. The maximum absolute atomic E-state index is 9.45. The van der Waals surface area contributed by atoms with E-state index < -0.39 is 0 Å². The van der Waals surface area contributed by atoms with Gasteiger partial charge in [-0.1, -0.05) is 48.6 Å². The summed E-state index contributed by atoms with van der Waals surface area (Å²) in [7, 11) is 1.05. The van der Waals surface area contributed by atoms with Gasteiger partial charge in [-0.2, -0.15) is 0 Å². The highest BCUT2D eigenvalue weighted by molar-refractivity contribution is 7.39. The molecule has 1 N–H and O–H groups in total. The second-order valence-corrected chi connectivity index (χ2v) is 5.39. The maximum Gasteiger partial charge on any atom is 0.0971 e. The minimum Gasteiger partial charge on any atom is -0.384 e. The molecule has 11 heavy (non-hydrogen) atoms. The lowest BCUT2D eigenvalue weighted by atomic mass is 10.0. The normalized spacial score (nSPS) is 16.3. The minimum atomic E-state index is -0.200. The lowest BCUT2D eigenvalue weighted by Crippen LogP contribution is -2.10. The molecule has 0 heterocycles. The molecule has 0 aliphatic carbocycles. The molecule has 0 saturated carbocycles. The van der Waals surface area contributed by atoms with E-state index in [0.717, 1.165) is 8.20 Å². The molecule has 0 bridgehead atoms. The zero-order valence-electron chi connectivity index (χ0n) is 8.13. The van der Waals surface area contributed by atoms with E-state index in [1.54, 1.807) is 0 Å². The van der Waals surface area contributed by atoms with Gasteiger partial charge in [0.15, 0.2) is 0 Å². The Hall–Kier alpha value is 0.130. The van der Waals surface area contributed by atoms with Crippen LogP contribution < -0.4 is 0 Å². The van der Waals surface area contributed by atoms with Crippen LogP contribution in [-0.4, -0.2) is 16.7 Å². The van der Waals surface area contributed by atoms with Gasteiger partial charge >= 0.3 is 0 Å². The molecule has 0 saturated heterocycles. The number of aliphatic hydroxyl groups excluding tert-OH is 1. The summed E-state index contributed by atoms with van der Waals surface area (Å²) >= 11 is 0. The summed E-state index contributed by atoms with van der Waals surface area (Å²) < 4.78 is 0. The van der Waals surface area contributed by atoms with Gasteiger partial charge < -0.3 is 5.11 Å². The largest absolute Gasteiger partial charge is 0.384 e. The summed E-state index contributed by atoms with van der Waals surface area (Å²) in [5.41, 5.74) is 0.220. The van der Waals surface area contributed by atoms with E-state index >= 15 is 0 Å². The number of rotatable bonds is 2. The summed E-state index contributed by atoms with van der Waals surface area (Å²) in [4.78, 5) is 0. The van der Waals surface area contributed by atoms with E-state index in [9.17, 15) is 5.11 Å². The molecule has 0 rings (SSSR count). The van der Waals surface area contributed by atoms with Crippen molar-refractivity contribution in [1.82, 2.24) is 0 Å². The van der Waals surface area contributed by atoms with Gasteiger partial charge in [0.25, 0.3) is 0 Å². The summed E-state index contributed by atoms with van der Waals surface area (Å²) in [6.45, 7) is 10.5. The first-order chi connectivity index (χ1) is 4.83. The van der Waals surface area contributed by atoms with Crippen molar-refractivity contribution in [1.29, 1.82) is 0 Å². The molecule has 0 aromatic rings. The van der Waals surface area contributed by atoms with Crippen LogP contribution in [0.4, 0.5) is 0 Å². The van der Waals surface area contributed by atoms with Crippen molar-refractivity contribution in [2.75, 3.05) is 0 Å². The fourth-order valence-corrected chi connectivity index (χ4v) is 1.42. The van der Waals surface area contributed by atoms with Crippen molar-refractivity contribution in [3.63, 3.8) is 0 Å². The number of aliphatic hydroxyl groups is 1. The Bertz CT molecular complexity index is 133.